The van der Waals surface area contributed by atoms with Gasteiger partial charge in [-0.05, 0) is 54.2 Å². The third kappa shape index (κ3) is 5.33. The highest BCUT2D eigenvalue weighted by atomic mass is 32.1. The summed E-state index contributed by atoms with van der Waals surface area (Å²) in [5, 5.41) is 14.4. The number of anilines is 1. The van der Waals surface area contributed by atoms with Crippen molar-refractivity contribution in [1.82, 2.24) is 5.32 Å². The first-order valence-corrected chi connectivity index (χ1v) is 7.98. The van der Waals surface area contributed by atoms with E-state index in [9.17, 15) is 4.79 Å². The smallest absolute Gasteiger partial charge is 0.250 e. The number of nitrogens with zero attached hydrogens (tertiary/aromatic N) is 1. The third-order valence-corrected chi connectivity index (χ3v) is 3.53. The molecule has 0 aliphatic rings. The van der Waals surface area contributed by atoms with Gasteiger partial charge in [-0.3, -0.25) is 10.1 Å². The van der Waals surface area contributed by atoms with E-state index in [2.05, 4.69) is 10.6 Å². The lowest BCUT2D eigenvalue weighted by atomic mass is 10.2. The maximum absolute atomic E-state index is 12.0. The molecule has 2 aromatic rings. The second-order valence-electron chi connectivity index (χ2n) is 5.08. The van der Waals surface area contributed by atoms with Gasteiger partial charge in [-0.15, -0.1) is 0 Å². The van der Waals surface area contributed by atoms with Crippen molar-refractivity contribution in [2.24, 2.45) is 0 Å². The number of amides is 1. The normalized spacial score (nSPS) is 10.0. The van der Waals surface area contributed by atoms with Gasteiger partial charge in [0.15, 0.2) is 16.6 Å². The zero-order valence-corrected chi connectivity index (χ0v) is 15.1. The molecule has 0 bridgehead atoms. The van der Waals surface area contributed by atoms with Crippen LogP contribution in [0.15, 0.2) is 48.5 Å². The summed E-state index contributed by atoms with van der Waals surface area (Å²) >= 11 is 5.10. The Bertz CT molecular complexity index is 888. The van der Waals surface area contributed by atoms with Crippen LogP contribution in [0, 0.1) is 11.3 Å². The quantitative estimate of drug-likeness (QED) is 0.624. The summed E-state index contributed by atoms with van der Waals surface area (Å²) in [6, 6.07) is 14.1. The topological polar surface area (TPSA) is 83.4 Å². The molecule has 132 valence electrons. The van der Waals surface area contributed by atoms with E-state index in [0.717, 1.165) is 5.56 Å². The molecule has 7 heteroatoms. The number of carbonyl (C=O) groups excluding carboxylic acids is 1. The van der Waals surface area contributed by atoms with E-state index in [4.69, 9.17) is 27.0 Å². The molecule has 0 saturated heterocycles. The maximum Gasteiger partial charge on any atom is 0.250 e. The van der Waals surface area contributed by atoms with Crippen LogP contribution in [0.5, 0.6) is 11.5 Å². The number of methoxy groups -OCH3 is 2. The highest BCUT2D eigenvalue weighted by Gasteiger charge is 2.05. The average Bonchev–Trinajstić information content (AvgIpc) is 2.66. The van der Waals surface area contributed by atoms with Crippen molar-refractivity contribution in [3.63, 3.8) is 0 Å². The fourth-order valence-electron chi connectivity index (χ4n) is 2.11. The first kappa shape index (κ1) is 19.0. The fourth-order valence-corrected chi connectivity index (χ4v) is 2.33. The van der Waals surface area contributed by atoms with Crippen molar-refractivity contribution in [2.45, 2.75) is 0 Å². The molecule has 0 aliphatic carbocycles. The minimum atomic E-state index is -0.381. The summed E-state index contributed by atoms with van der Waals surface area (Å²) in [7, 11) is 3.10. The van der Waals surface area contributed by atoms with E-state index in [1.807, 2.05) is 6.07 Å². The van der Waals surface area contributed by atoms with Gasteiger partial charge < -0.3 is 14.8 Å². The van der Waals surface area contributed by atoms with Crippen molar-refractivity contribution in [3.8, 4) is 17.6 Å². The lowest BCUT2D eigenvalue weighted by Gasteiger charge is -2.08. The van der Waals surface area contributed by atoms with E-state index in [-0.39, 0.29) is 11.0 Å². The Morgan fingerprint density at radius 2 is 1.92 bits per heavy atom. The van der Waals surface area contributed by atoms with Crippen LogP contribution in [0.25, 0.3) is 6.08 Å². The number of carbonyl (C=O) groups is 1. The molecular weight excluding hydrogens is 350 g/mol. The molecule has 2 rings (SSSR count). The first-order chi connectivity index (χ1) is 12.5. The molecule has 26 heavy (non-hydrogen) atoms. The third-order valence-electron chi connectivity index (χ3n) is 3.32. The minimum Gasteiger partial charge on any atom is -0.493 e. The van der Waals surface area contributed by atoms with Gasteiger partial charge in [-0.25, -0.2) is 0 Å². The van der Waals surface area contributed by atoms with Gasteiger partial charge in [0, 0.05) is 11.8 Å². The summed E-state index contributed by atoms with van der Waals surface area (Å²) in [6.45, 7) is 0. The largest absolute Gasteiger partial charge is 0.493 e. The number of ether oxygens (including phenoxy) is 2. The van der Waals surface area contributed by atoms with Gasteiger partial charge in [0.2, 0.25) is 5.91 Å². The number of rotatable bonds is 5. The summed E-state index contributed by atoms with van der Waals surface area (Å²) < 4.78 is 10.4. The molecule has 6 nitrogen and oxygen atoms in total. The molecule has 0 aliphatic heterocycles. The number of benzene rings is 2. The number of hydrogen-bond acceptors (Lipinski definition) is 5. The van der Waals surface area contributed by atoms with Gasteiger partial charge in [-0.1, -0.05) is 12.1 Å². The molecule has 2 aromatic carbocycles. The Morgan fingerprint density at radius 1 is 1.15 bits per heavy atom. The Kier molecular flexibility index (Phi) is 6.71. The van der Waals surface area contributed by atoms with Crippen LogP contribution >= 0.6 is 12.2 Å². The zero-order chi connectivity index (χ0) is 18.9. The molecular formula is C19H17N3O3S. The Hall–Kier alpha value is -3.37. The Morgan fingerprint density at radius 3 is 2.62 bits per heavy atom. The summed E-state index contributed by atoms with van der Waals surface area (Å²) in [4.78, 5) is 12.0. The molecule has 0 radical (unpaired) electrons. The lowest BCUT2D eigenvalue weighted by molar-refractivity contribution is -0.115. The number of nitrogens with one attached hydrogen (secondary N) is 2. The van der Waals surface area contributed by atoms with Crippen molar-refractivity contribution >= 4 is 35.0 Å². The van der Waals surface area contributed by atoms with Crippen LogP contribution in [-0.4, -0.2) is 25.2 Å². The van der Waals surface area contributed by atoms with Gasteiger partial charge in [0.25, 0.3) is 0 Å². The second kappa shape index (κ2) is 9.20. The first-order valence-electron chi connectivity index (χ1n) is 7.58. The number of hydrogen-bond donors (Lipinski definition) is 2. The average molecular weight is 367 g/mol. The van der Waals surface area contributed by atoms with Crippen LogP contribution < -0.4 is 20.1 Å². The number of thiocarbonyl (C=S) groups is 1. The highest BCUT2D eigenvalue weighted by molar-refractivity contribution is 7.80. The summed E-state index contributed by atoms with van der Waals surface area (Å²) in [6.07, 6.45) is 3.00. The molecule has 0 atom stereocenters. The monoisotopic (exact) mass is 367 g/mol. The SMILES string of the molecule is COc1ccc(/C=C/C(=O)NC(=S)Nc2cccc(C#N)c2)cc1OC. The maximum atomic E-state index is 12.0. The zero-order valence-electron chi connectivity index (χ0n) is 14.3. The van der Waals surface area contributed by atoms with Gasteiger partial charge in [0.1, 0.15) is 0 Å². The highest BCUT2D eigenvalue weighted by Crippen LogP contribution is 2.27. The van der Waals surface area contributed by atoms with Crippen LogP contribution in [0.1, 0.15) is 11.1 Å². The number of nitriles is 1. The van der Waals surface area contributed by atoms with Crippen molar-refractivity contribution in [2.75, 3.05) is 19.5 Å². The molecule has 0 fully saturated rings. The predicted octanol–water partition coefficient (Wildman–Crippen LogP) is 3.10. The van der Waals surface area contributed by atoms with E-state index in [0.29, 0.717) is 22.7 Å². The summed E-state index contributed by atoms with van der Waals surface area (Å²) in [5.74, 6) is 0.803. The van der Waals surface area contributed by atoms with Crippen LogP contribution in [0.4, 0.5) is 5.69 Å². The summed E-state index contributed by atoms with van der Waals surface area (Å²) in [5.41, 5.74) is 1.90. The van der Waals surface area contributed by atoms with E-state index in [1.54, 1.807) is 62.8 Å². The fraction of sp³-hybridized carbons (Fsp3) is 0.105. The standard InChI is InChI=1S/C19H17N3O3S/c1-24-16-8-6-13(11-17(16)25-2)7-9-18(23)22-19(26)21-15-5-3-4-14(10-15)12-20/h3-11H,1-2H3,(H2,21,22,23,26)/b9-7+. The Labute approximate surface area is 157 Å². The molecule has 0 heterocycles. The van der Waals surface area contributed by atoms with Crippen molar-refractivity contribution < 1.29 is 14.3 Å². The molecule has 1 amide bonds. The van der Waals surface area contributed by atoms with Crippen molar-refractivity contribution in [1.29, 1.82) is 5.26 Å². The van der Waals surface area contributed by atoms with Gasteiger partial charge >= 0.3 is 0 Å². The molecule has 0 unspecified atom stereocenters. The van der Waals surface area contributed by atoms with Crippen LogP contribution in [0.2, 0.25) is 0 Å². The van der Waals surface area contributed by atoms with E-state index < -0.39 is 0 Å². The lowest BCUT2D eigenvalue weighted by Crippen LogP contribution is -2.32. The molecule has 0 spiro atoms. The molecule has 2 N–H and O–H groups in total. The Balaban J connectivity index is 1.96. The molecule has 0 saturated carbocycles. The van der Waals surface area contributed by atoms with E-state index in [1.165, 1.54) is 6.08 Å². The molecule has 0 aromatic heterocycles. The van der Waals surface area contributed by atoms with Crippen LogP contribution in [0.3, 0.4) is 0 Å². The minimum absolute atomic E-state index is 0.141. The van der Waals surface area contributed by atoms with E-state index >= 15 is 0 Å². The van der Waals surface area contributed by atoms with Crippen LogP contribution in [-0.2, 0) is 4.79 Å². The predicted molar refractivity (Wildman–Crippen MR) is 104 cm³/mol. The van der Waals surface area contributed by atoms with Gasteiger partial charge in [0.05, 0.1) is 25.9 Å². The van der Waals surface area contributed by atoms with Crippen molar-refractivity contribution in [3.05, 3.63) is 59.7 Å². The second-order valence-corrected chi connectivity index (χ2v) is 5.49. The van der Waals surface area contributed by atoms with Gasteiger partial charge in [-0.2, -0.15) is 5.26 Å².